The summed E-state index contributed by atoms with van der Waals surface area (Å²) in [4.78, 5) is 25.4. The summed E-state index contributed by atoms with van der Waals surface area (Å²) in [6.45, 7) is 1.63. The van der Waals surface area contributed by atoms with Crippen LogP contribution in [0.3, 0.4) is 0 Å². The van der Waals surface area contributed by atoms with Crippen LogP contribution in [-0.4, -0.2) is 24.1 Å². The largest absolute Gasteiger partial charge is 0.340 e. The van der Waals surface area contributed by atoms with E-state index in [4.69, 9.17) is 11.6 Å². The second-order valence-corrected chi connectivity index (χ2v) is 6.18. The smallest absolute Gasteiger partial charge is 0.253 e. The van der Waals surface area contributed by atoms with E-state index < -0.39 is 6.04 Å². The molecule has 0 bridgehead atoms. The van der Waals surface area contributed by atoms with E-state index in [1.165, 1.54) is 11.8 Å². The zero-order chi connectivity index (χ0) is 16.8. The summed E-state index contributed by atoms with van der Waals surface area (Å²) in [5, 5.41) is 5.77. The summed E-state index contributed by atoms with van der Waals surface area (Å²) in [6.07, 6.45) is 1.92. The maximum absolute atomic E-state index is 12.3. The fraction of sp³-hybridized carbons (Fsp3) is 0.176. The monoisotopic (exact) mass is 348 g/mol. The molecule has 1 unspecified atom stereocenters. The second kappa shape index (κ2) is 8.04. The van der Waals surface area contributed by atoms with Crippen LogP contribution in [0.15, 0.2) is 53.4 Å². The maximum atomic E-state index is 12.3. The number of carbonyl (C=O) groups excluding carboxylic acids is 2. The zero-order valence-corrected chi connectivity index (χ0v) is 14.4. The number of benzene rings is 2. The first kappa shape index (κ1) is 17.4. The van der Waals surface area contributed by atoms with Crippen molar-refractivity contribution < 1.29 is 9.59 Å². The van der Waals surface area contributed by atoms with E-state index in [1.807, 2.05) is 30.5 Å². The Kier molecular flexibility index (Phi) is 6.07. The van der Waals surface area contributed by atoms with Crippen LogP contribution in [0.2, 0.25) is 5.02 Å². The van der Waals surface area contributed by atoms with Crippen LogP contribution in [0, 0.1) is 0 Å². The van der Waals surface area contributed by atoms with Crippen LogP contribution in [0.25, 0.3) is 0 Å². The molecule has 120 valence electrons. The minimum atomic E-state index is -0.684. The molecule has 2 rings (SSSR count). The molecule has 0 saturated heterocycles. The molecule has 1 atom stereocenters. The van der Waals surface area contributed by atoms with E-state index in [0.717, 1.165) is 4.90 Å². The minimum Gasteiger partial charge on any atom is -0.340 e. The number of anilines is 1. The van der Waals surface area contributed by atoms with Crippen molar-refractivity contribution in [1.29, 1.82) is 0 Å². The molecule has 0 spiro atoms. The van der Waals surface area contributed by atoms with Crippen LogP contribution in [-0.2, 0) is 4.79 Å². The van der Waals surface area contributed by atoms with Crippen LogP contribution >= 0.6 is 23.4 Å². The fourth-order valence-corrected chi connectivity index (χ4v) is 2.56. The van der Waals surface area contributed by atoms with Gasteiger partial charge in [-0.2, -0.15) is 0 Å². The molecule has 2 amide bonds. The van der Waals surface area contributed by atoms with Crippen molar-refractivity contribution in [1.82, 2.24) is 5.32 Å². The Morgan fingerprint density at radius 3 is 2.48 bits per heavy atom. The van der Waals surface area contributed by atoms with Crippen molar-refractivity contribution in [2.45, 2.75) is 17.9 Å². The molecule has 2 aromatic rings. The summed E-state index contributed by atoms with van der Waals surface area (Å²) < 4.78 is 0. The molecule has 0 aliphatic heterocycles. The molecule has 2 N–H and O–H groups in total. The molecule has 4 nitrogen and oxygen atoms in total. The first-order valence-corrected chi connectivity index (χ1v) is 8.62. The molecule has 0 radical (unpaired) electrons. The number of thioether (sulfide) groups is 1. The van der Waals surface area contributed by atoms with Gasteiger partial charge in [0.25, 0.3) is 5.91 Å². The third-order valence-corrected chi connectivity index (χ3v) is 4.26. The predicted octanol–water partition coefficient (Wildman–Crippen LogP) is 3.82. The molecule has 0 saturated carbocycles. The highest BCUT2D eigenvalue weighted by molar-refractivity contribution is 7.98. The van der Waals surface area contributed by atoms with Gasteiger partial charge in [0.15, 0.2) is 0 Å². The highest BCUT2D eigenvalue weighted by Crippen LogP contribution is 2.23. The average molecular weight is 349 g/mol. The molecule has 6 heteroatoms. The number of halogens is 1. The average Bonchev–Trinajstić information content (AvgIpc) is 2.56. The molecular formula is C17H17ClN2O2S. The fourth-order valence-electron chi connectivity index (χ4n) is 1.92. The Bertz CT molecular complexity index is 707. The Labute approximate surface area is 144 Å². The van der Waals surface area contributed by atoms with Crippen molar-refractivity contribution in [2.75, 3.05) is 11.6 Å². The van der Waals surface area contributed by atoms with Crippen molar-refractivity contribution in [3.63, 3.8) is 0 Å². The second-order valence-electron chi connectivity index (χ2n) is 4.90. The summed E-state index contributed by atoms with van der Waals surface area (Å²) in [5.74, 6) is -0.664. The number of para-hydroxylation sites is 1. The summed E-state index contributed by atoms with van der Waals surface area (Å²) in [5.41, 5.74) is 1.04. The van der Waals surface area contributed by atoms with E-state index in [1.54, 1.807) is 31.2 Å². The zero-order valence-electron chi connectivity index (χ0n) is 12.8. The van der Waals surface area contributed by atoms with Gasteiger partial charge in [0.2, 0.25) is 5.91 Å². The Balaban J connectivity index is 2.03. The Morgan fingerprint density at radius 2 is 1.83 bits per heavy atom. The normalized spacial score (nSPS) is 11.6. The number of hydrogen-bond donors (Lipinski definition) is 2. The maximum Gasteiger partial charge on any atom is 0.253 e. The van der Waals surface area contributed by atoms with Crippen LogP contribution in [0.4, 0.5) is 5.69 Å². The summed E-state index contributed by atoms with van der Waals surface area (Å²) in [7, 11) is 0. The first-order chi connectivity index (χ1) is 11.0. The summed E-state index contributed by atoms with van der Waals surface area (Å²) >= 11 is 7.59. The van der Waals surface area contributed by atoms with Gasteiger partial charge in [0, 0.05) is 10.6 Å². The SMILES string of the molecule is CSc1ccc(Cl)c(C(=O)NC(C)C(=O)Nc2ccccc2)c1. The van der Waals surface area contributed by atoms with Crippen molar-refractivity contribution in [2.24, 2.45) is 0 Å². The van der Waals surface area contributed by atoms with Gasteiger partial charge < -0.3 is 10.6 Å². The van der Waals surface area contributed by atoms with Crippen molar-refractivity contribution in [3.8, 4) is 0 Å². The quantitative estimate of drug-likeness (QED) is 0.807. The number of rotatable bonds is 5. The number of amides is 2. The van der Waals surface area contributed by atoms with Gasteiger partial charge >= 0.3 is 0 Å². The number of carbonyl (C=O) groups is 2. The Hall–Kier alpha value is -1.98. The lowest BCUT2D eigenvalue weighted by Crippen LogP contribution is -2.41. The molecule has 2 aromatic carbocycles. The lowest BCUT2D eigenvalue weighted by atomic mass is 10.2. The van der Waals surface area contributed by atoms with Gasteiger partial charge in [-0.05, 0) is 43.5 Å². The molecule has 0 aliphatic carbocycles. The van der Waals surface area contributed by atoms with E-state index in [0.29, 0.717) is 16.3 Å². The number of hydrogen-bond acceptors (Lipinski definition) is 3. The highest BCUT2D eigenvalue weighted by Gasteiger charge is 2.18. The molecule has 0 aliphatic rings. The molecule has 23 heavy (non-hydrogen) atoms. The van der Waals surface area contributed by atoms with Gasteiger partial charge in [-0.25, -0.2) is 0 Å². The molecular weight excluding hydrogens is 332 g/mol. The van der Waals surface area contributed by atoms with E-state index in [-0.39, 0.29) is 11.8 Å². The van der Waals surface area contributed by atoms with E-state index in [2.05, 4.69) is 10.6 Å². The van der Waals surface area contributed by atoms with E-state index in [9.17, 15) is 9.59 Å². The van der Waals surface area contributed by atoms with Gasteiger partial charge in [-0.1, -0.05) is 29.8 Å². The highest BCUT2D eigenvalue weighted by atomic mass is 35.5. The third kappa shape index (κ3) is 4.74. The van der Waals surface area contributed by atoms with E-state index >= 15 is 0 Å². The lowest BCUT2D eigenvalue weighted by Gasteiger charge is -2.15. The van der Waals surface area contributed by atoms with Gasteiger partial charge in [0.05, 0.1) is 10.6 Å². The topological polar surface area (TPSA) is 58.2 Å². The van der Waals surface area contributed by atoms with Gasteiger partial charge in [-0.15, -0.1) is 11.8 Å². The molecule has 0 heterocycles. The summed E-state index contributed by atoms with van der Waals surface area (Å²) in [6, 6.07) is 13.6. The van der Waals surface area contributed by atoms with Crippen LogP contribution in [0.5, 0.6) is 0 Å². The van der Waals surface area contributed by atoms with Gasteiger partial charge in [0.1, 0.15) is 6.04 Å². The number of nitrogens with one attached hydrogen (secondary N) is 2. The van der Waals surface area contributed by atoms with Crippen LogP contribution < -0.4 is 10.6 Å². The molecule has 0 aromatic heterocycles. The Morgan fingerprint density at radius 1 is 1.13 bits per heavy atom. The standard InChI is InChI=1S/C17H17ClN2O2S/c1-11(16(21)20-12-6-4-3-5-7-12)19-17(22)14-10-13(23-2)8-9-15(14)18/h3-11H,1-2H3,(H,19,22)(H,20,21). The van der Waals surface area contributed by atoms with Crippen molar-refractivity contribution >= 4 is 40.9 Å². The predicted molar refractivity (Wildman–Crippen MR) is 95.2 cm³/mol. The lowest BCUT2D eigenvalue weighted by molar-refractivity contribution is -0.117. The molecule has 0 fully saturated rings. The third-order valence-electron chi connectivity index (χ3n) is 3.20. The van der Waals surface area contributed by atoms with Crippen molar-refractivity contribution in [3.05, 3.63) is 59.1 Å². The minimum absolute atomic E-state index is 0.290. The van der Waals surface area contributed by atoms with Crippen LogP contribution in [0.1, 0.15) is 17.3 Å². The first-order valence-electron chi connectivity index (χ1n) is 7.01. The van der Waals surface area contributed by atoms with Gasteiger partial charge in [-0.3, -0.25) is 9.59 Å².